The van der Waals surface area contributed by atoms with E-state index in [9.17, 15) is 14.9 Å². The average Bonchev–Trinajstić information content (AvgIpc) is 2.65. The molecule has 82 valence electrons. The van der Waals surface area contributed by atoms with Gasteiger partial charge in [0.25, 0.3) is 11.6 Å². The van der Waals surface area contributed by atoms with Gasteiger partial charge in [0, 0.05) is 24.3 Å². The van der Waals surface area contributed by atoms with Crippen LogP contribution in [-0.4, -0.2) is 17.4 Å². The van der Waals surface area contributed by atoms with E-state index >= 15 is 0 Å². The van der Waals surface area contributed by atoms with Crippen LogP contribution in [0.5, 0.6) is 0 Å². The van der Waals surface area contributed by atoms with E-state index in [2.05, 4.69) is 10.9 Å². The minimum Gasteiger partial charge on any atom is -0.287 e. The summed E-state index contributed by atoms with van der Waals surface area (Å²) in [5.41, 5.74) is 6.56. The Bertz CT molecular complexity index is 465. The molecule has 1 aromatic carbocycles. The first-order chi connectivity index (χ1) is 7.66. The number of rotatable bonds is 2. The van der Waals surface area contributed by atoms with E-state index in [1.165, 1.54) is 12.1 Å². The molecule has 0 unspecified atom stereocenters. The van der Waals surface area contributed by atoms with Gasteiger partial charge in [-0.05, 0) is 23.8 Å². The number of carbonyl (C=O) groups is 1. The maximum absolute atomic E-state index is 11.2. The topological polar surface area (TPSA) is 84.3 Å². The van der Waals surface area contributed by atoms with Crippen molar-refractivity contribution in [3.8, 4) is 0 Å². The zero-order valence-corrected chi connectivity index (χ0v) is 8.27. The van der Waals surface area contributed by atoms with E-state index in [0.717, 1.165) is 5.56 Å². The van der Waals surface area contributed by atoms with Gasteiger partial charge in [0.05, 0.1) is 4.92 Å². The van der Waals surface area contributed by atoms with Crippen LogP contribution in [0.25, 0.3) is 6.08 Å². The van der Waals surface area contributed by atoms with Crippen molar-refractivity contribution in [2.45, 2.75) is 0 Å². The van der Waals surface area contributed by atoms with Crippen molar-refractivity contribution in [2.75, 3.05) is 6.54 Å². The van der Waals surface area contributed by atoms with E-state index < -0.39 is 4.92 Å². The number of carbonyl (C=O) groups excluding carboxylic acids is 1. The second kappa shape index (κ2) is 4.11. The third kappa shape index (κ3) is 2.06. The van der Waals surface area contributed by atoms with Crippen molar-refractivity contribution in [1.82, 2.24) is 10.9 Å². The lowest BCUT2D eigenvalue weighted by Gasteiger charge is -1.95. The highest BCUT2D eigenvalue weighted by Gasteiger charge is 2.15. The summed E-state index contributed by atoms with van der Waals surface area (Å²) in [5.74, 6) is -0.168. The number of non-ortho nitro benzene ring substituents is 1. The fourth-order valence-corrected chi connectivity index (χ4v) is 1.39. The average molecular weight is 219 g/mol. The lowest BCUT2D eigenvalue weighted by molar-refractivity contribution is -0.384. The lowest BCUT2D eigenvalue weighted by atomic mass is 10.1. The van der Waals surface area contributed by atoms with E-state index in [4.69, 9.17) is 0 Å². The summed E-state index contributed by atoms with van der Waals surface area (Å²) in [7, 11) is 0. The molecule has 0 spiro atoms. The van der Waals surface area contributed by atoms with Gasteiger partial charge in [-0.25, -0.2) is 5.43 Å². The number of hydrogen-bond acceptors (Lipinski definition) is 4. The van der Waals surface area contributed by atoms with Crippen LogP contribution >= 0.6 is 0 Å². The van der Waals surface area contributed by atoms with Crippen molar-refractivity contribution >= 4 is 17.7 Å². The molecular weight excluding hydrogens is 210 g/mol. The highest BCUT2D eigenvalue weighted by Crippen LogP contribution is 2.14. The van der Waals surface area contributed by atoms with Crippen LogP contribution in [0.4, 0.5) is 5.69 Å². The fourth-order valence-electron chi connectivity index (χ4n) is 1.39. The first-order valence-electron chi connectivity index (χ1n) is 4.65. The standard InChI is InChI=1S/C10H9N3O3/c14-10-8(6-11-12-10)5-7-1-3-9(4-2-7)13(15)16/h1-5,11H,6H2,(H,12,14)/b8-5+. The molecule has 0 radical (unpaired) electrons. The minimum atomic E-state index is -0.458. The molecule has 2 rings (SSSR count). The zero-order valence-electron chi connectivity index (χ0n) is 8.27. The highest BCUT2D eigenvalue weighted by molar-refractivity contribution is 5.99. The zero-order chi connectivity index (χ0) is 11.5. The summed E-state index contributed by atoms with van der Waals surface area (Å²) in [4.78, 5) is 21.2. The molecule has 0 aromatic heterocycles. The Balaban J connectivity index is 2.22. The molecule has 6 heteroatoms. The summed E-state index contributed by atoms with van der Waals surface area (Å²) in [5, 5.41) is 10.4. The number of amides is 1. The van der Waals surface area contributed by atoms with Crippen LogP contribution in [0.3, 0.4) is 0 Å². The van der Waals surface area contributed by atoms with E-state index in [1.54, 1.807) is 18.2 Å². The van der Waals surface area contributed by atoms with E-state index in [0.29, 0.717) is 12.1 Å². The number of hydrogen-bond donors (Lipinski definition) is 2. The summed E-state index contributed by atoms with van der Waals surface area (Å²) in [6, 6.07) is 6.03. The Morgan fingerprint density at radius 2 is 2.00 bits per heavy atom. The van der Waals surface area contributed by atoms with Crippen LogP contribution in [0.2, 0.25) is 0 Å². The fraction of sp³-hybridized carbons (Fsp3) is 0.100. The third-order valence-electron chi connectivity index (χ3n) is 2.22. The molecule has 16 heavy (non-hydrogen) atoms. The molecule has 1 aliphatic heterocycles. The first kappa shape index (κ1) is 10.3. The van der Waals surface area contributed by atoms with Gasteiger partial charge < -0.3 is 0 Å². The SMILES string of the molecule is O=C1NNC/C1=C\c1ccc([N+](=O)[O-])cc1. The maximum Gasteiger partial charge on any atom is 0.269 e. The van der Waals surface area contributed by atoms with Crippen molar-refractivity contribution in [3.05, 3.63) is 45.5 Å². The second-order valence-corrected chi connectivity index (χ2v) is 3.33. The second-order valence-electron chi connectivity index (χ2n) is 3.33. The number of benzene rings is 1. The Morgan fingerprint density at radius 3 is 2.50 bits per heavy atom. The Kier molecular flexibility index (Phi) is 2.65. The molecular formula is C10H9N3O3. The van der Waals surface area contributed by atoms with Crippen LogP contribution in [0.1, 0.15) is 5.56 Å². The molecule has 0 saturated carbocycles. The smallest absolute Gasteiger partial charge is 0.269 e. The van der Waals surface area contributed by atoms with Gasteiger partial charge in [0.1, 0.15) is 0 Å². The van der Waals surface area contributed by atoms with Gasteiger partial charge in [0.2, 0.25) is 0 Å². The number of nitrogens with one attached hydrogen (secondary N) is 2. The first-order valence-corrected chi connectivity index (χ1v) is 4.65. The molecule has 1 fully saturated rings. The molecule has 1 amide bonds. The monoisotopic (exact) mass is 219 g/mol. The molecule has 0 atom stereocenters. The van der Waals surface area contributed by atoms with Crippen LogP contribution in [-0.2, 0) is 4.79 Å². The Morgan fingerprint density at radius 1 is 1.31 bits per heavy atom. The third-order valence-corrected chi connectivity index (χ3v) is 2.22. The van der Waals surface area contributed by atoms with Crippen LogP contribution < -0.4 is 10.9 Å². The predicted molar refractivity (Wildman–Crippen MR) is 57.2 cm³/mol. The van der Waals surface area contributed by atoms with E-state index in [-0.39, 0.29) is 11.6 Å². The molecule has 1 aromatic rings. The number of nitro groups is 1. The molecule has 1 heterocycles. The quantitative estimate of drug-likeness (QED) is 0.433. The summed E-state index contributed by atoms with van der Waals surface area (Å²) in [6.07, 6.45) is 1.69. The molecule has 0 bridgehead atoms. The van der Waals surface area contributed by atoms with Gasteiger partial charge >= 0.3 is 0 Å². The van der Waals surface area contributed by atoms with Crippen LogP contribution in [0.15, 0.2) is 29.8 Å². The van der Waals surface area contributed by atoms with Gasteiger partial charge in [-0.15, -0.1) is 0 Å². The summed E-state index contributed by atoms with van der Waals surface area (Å²) in [6.45, 7) is 0.454. The molecule has 6 nitrogen and oxygen atoms in total. The van der Waals surface area contributed by atoms with Gasteiger partial charge in [0.15, 0.2) is 0 Å². The molecule has 2 N–H and O–H groups in total. The largest absolute Gasteiger partial charge is 0.287 e. The highest BCUT2D eigenvalue weighted by atomic mass is 16.6. The number of nitro benzene ring substituents is 1. The van der Waals surface area contributed by atoms with Crippen molar-refractivity contribution in [1.29, 1.82) is 0 Å². The maximum atomic E-state index is 11.2. The summed E-state index contributed by atoms with van der Waals surface area (Å²) >= 11 is 0. The van der Waals surface area contributed by atoms with Gasteiger partial charge in [-0.2, -0.15) is 0 Å². The molecule has 1 aliphatic rings. The summed E-state index contributed by atoms with van der Waals surface area (Å²) < 4.78 is 0. The van der Waals surface area contributed by atoms with Crippen molar-refractivity contribution in [3.63, 3.8) is 0 Å². The molecule has 1 saturated heterocycles. The molecule has 0 aliphatic carbocycles. The van der Waals surface area contributed by atoms with Crippen molar-refractivity contribution in [2.24, 2.45) is 0 Å². The minimum absolute atomic E-state index is 0.0381. The number of nitrogens with zero attached hydrogens (tertiary/aromatic N) is 1. The van der Waals surface area contributed by atoms with Gasteiger partial charge in [-0.3, -0.25) is 20.3 Å². The predicted octanol–water partition coefficient (Wildman–Crippen LogP) is 0.613. The normalized spacial score (nSPS) is 17.5. The van der Waals surface area contributed by atoms with Crippen molar-refractivity contribution < 1.29 is 9.72 Å². The Labute approximate surface area is 91.1 Å². The van der Waals surface area contributed by atoms with Crippen LogP contribution in [0, 0.1) is 10.1 Å². The van der Waals surface area contributed by atoms with Gasteiger partial charge in [-0.1, -0.05) is 0 Å². The van der Waals surface area contributed by atoms with E-state index in [1.807, 2.05) is 0 Å². The Hall–Kier alpha value is -2.21. The number of hydrazine groups is 1. The lowest BCUT2D eigenvalue weighted by Crippen LogP contribution is -2.25.